The standard InChI is InChI=1S/C27H30F5NO3/c1-24-13-21(17-5-3-16(4-6-17)14-33-34)23-19-10-12-36-15-18(19)7-8-20(23)22(24)9-11-25(24,35-2)26(28,29)27(30,31)32/h3-6,14-15,20-22,34H,7-13H2,1-2H3/t20?,21-,22?,24+,25+/m1/s1. The highest BCUT2D eigenvalue weighted by Crippen LogP contribution is 2.71. The Morgan fingerprint density at radius 1 is 1.11 bits per heavy atom. The Kier molecular flexibility index (Phi) is 6.01. The summed E-state index contributed by atoms with van der Waals surface area (Å²) in [6.45, 7) is 2.11. The van der Waals surface area contributed by atoms with Crippen LogP contribution < -0.4 is 0 Å². The molecule has 0 spiro atoms. The summed E-state index contributed by atoms with van der Waals surface area (Å²) in [5.74, 6) is -5.80. The molecule has 0 amide bonds. The summed E-state index contributed by atoms with van der Waals surface area (Å²) in [7, 11) is 0.999. The summed E-state index contributed by atoms with van der Waals surface area (Å²) in [6.07, 6.45) is -0.546. The topological polar surface area (TPSA) is 51.0 Å². The van der Waals surface area contributed by atoms with Crippen LogP contribution in [0.5, 0.6) is 0 Å². The molecule has 5 atom stereocenters. The van der Waals surface area contributed by atoms with Gasteiger partial charge in [-0.1, -0.05) is 41.9 Å². The molecule has 2 fully saturated rings. The van der Waals surface area contributed by atoms with Crippen LogP contribution in [0.15, 0.2) is 52.4 Å². The second-order valence-electron chi connectivity index (χ2n) is 10.7. The third kappa shape index (κ3) is 3.37. The number of rotatable bonds is 4. The molecular weight excluding hydrogens is 481 g/mol. The molecule has 0 bridgehead atoms. The first-order valence-corrected chi connectivity index (χ1v) is 12.3. The molecule has 2 saturated carbocycles. The summed E-state index contributed by atoms with van der Waals surface area (Å²) in [5, 5.41) is 11.9. The fraction of sp³-hybridized carbons (Fsp3) is 0.593. The molecule has 4 aliphatic rings. The number of allylic oxidation sites excluding steroid dienone is 2. The van der Waals surface area contributed by atoms with Gasteiger partial charge in [0.05, 0.1) is 19.1 Å². The van der Waals surface area contributed by atoms with Crippen LogP contribution in [-0.4, -0.2) is 42.8 Å². The van der Waals surface area contributed by atoms with Gasteiger partial charge in [0, 0.05) is 24.9 Å². The average Bonchev–Trinajstić information content (AvgIpc) is 3.16. The Hall–Kier alpha value is -2.42. The van der Waals surface area contributed by atoms with E-state index in [0.29, 0.717) is 31.4 Å². The summed E-state index contributed by atoms with van der Waals surface area (Å²) in [5.41, 5.74) is 0.872. The van der Waals surface area contributed by atoms with Gasteiger partial charge in [-0.2, -0.15) is 22.0 Å². The van der Waals surface area contributed by atoms with E-state index < -0.39 is 23.1 Å². The lowest BCUT2D eigenvalue weighted by Gasteiger charge is -2.57. The zero-order chi connectivity index (χ0) is 25.9. The number of halogens is 5. The first kappa shape index (κ1) is 25.2. The number of alkyl halides is 5. The zero-order valence-corrected chi connectivity index (χ0v) is 20.2. The molecule has 4 nitrogen and oxygen atoms in total. The predicted octanol–water partition coefficient (Wildman–Crippen LogP) is 6.99. The lowest BCUT2D eigenvalue weighted by Crippen LogP contribution is -2.66. The molecule has 2 unspecified atom stereocenters. The Labute approximate surface area is 206 Å². The molecule has 1 aliphatic heterocycles. The normalized spacial score (nSPS) is 34.6. The summed E-state index contributed by atoms with van der Waals surface area (Å²) < 4.78 is 83.1. The number of nitrogens with zero attached hydrogens (tertiary/aromatic N) is 1. The van der Waals surface area contributed by atoms with Crippen LogP contribution in [0.25, 0.3) is 0 Å². The van der Waals surface area contributed by atoms with E-state index >= 15 is 8.78 Å². The number of benzene rings is 1. The van der Waals surface area contributed by atoms with Crippen LogP contribution in [0.2, 0.25) is 0 Å². The van der Waals surface area contributed by atoms with E-state index in [1.807, 2.05) is 12.1 Å². The first-order chi connectivity index (χ1) is 17.0. The third-order valence-corrected chi connectivity index (χ3v) is 9.35. The van der Waals surface area contributed by atoms with Gasteiger partial charge >= 0.3 is 12.1 Å². The van der Waals surface area contributed by atoms with Crippen LogP contribution in [0.1, 0.15) is 62.5 Å². The number of oxime groups is 1. The van der Waals surface area contributed by atoms with Crippen molar-refractivity contribution in [3.05, 3.63) is 58.4 Å². The molecule has 1 heterocycles. The molecule has 1 aromatic carbocycles. The van der Waals surface area contributed by atoms with Gasteiger partial charge in [0.25, 0.3) is 0 Å². The smallest absolute Gasteiger partial charge is 0.456 e. The highest BCUT2D eigenvalue weighted by atomic mass is 19.4. The maximum atomic E-state index is 15.3. The van der Waals surface area contributed by atoms with E-state index in [-0.39, 0.29) is 37.0 Å². The molecule has 1 aromatic rings. The Morgan fingerprint density at radius 3 is 2.47 bits per heavy atom. The fourth-order valence-electron chi connectivity index (χ4n) is 7.81. The van der Waals surface area contributed by atoms with Crippen molar-refractivity contribution in [2.75, 3.05) is 13.7 Å². The summed E-state index contributed by atoms with van der Waals surface area (Å²) in [4.78, 5) is 0. The number of hydrogen-bond donors (Lipinski definition) is 1. The van der Waals surface area contributed by atoms with Crippen LogP contribution in [0.3, 0.4) is 0 Å². The SMILES string of the molecule is CO[C@@]1(C(F)(F)C(F)(F)F)CCC2C3CCC4=COCCC4=C3[C@@H](c3ccc(C=NO)cc3)C[C@@]21C. The summed E-state index contributed by atoms with van der Waals surface area (Å²) in [6, 6.07) is 7.21. The van der Waals surface area contributed by atoms with Crippen molar-refractivity contribution in [1.82, 2.24) is 0 Å². The van der Waals surface area contributed by atoms with Crippen LogP contribution in [0.4, 0.5) is 22.0 Å². The molecule has 36 heavy (non-hydrogen) atoms. The second-order valence-corrected chi connectivity index (χ2v) is 10.7. The number of fused-ring (bicyclic) bond motifs is 4. The van der Waals surface area contributed by atoms with Gasteiger partial charge in [0.15, 0.2) is 0 Å². The van der Waals surface area contributed by atoms with Gasteiger partial charge < -0.3 is 14.7 Å². The highest BCUT2D eigenvalue weighted by Gasteiger charge is 2.80. The molecule has 0 radical (unpaired) electrons. The van der Waals surface area contributed by atoms with Crippen molar-refractivity contribution in [1.29, 1.82) is 0 Å². The Bertz CT molecular complexity index is 1110. The molecule has 196 valence electrons. The van der Waals surface area contributed by atoms with E-state index in [0.717, 1.165) is 23.8 Å². The van der Waals surface area contributed by atoms with E-state index in [4.69, 9.17) is 14.7 Å². The Morgan fingerprint density at radius 2 is 1.83 bits per heavy atom. The first-order valence-electron chi connectivity index (χ1n) is 12.3. The molecule has 0 aromatic heterocycles. The van der Waals surface area contributed by atoms with Gasteiger partial charge in [-0.05, 0) is 66.2 Å². The monoisotopic (exact) mass is 511 g/mol. The lowest BCUT2D eigenvalue weighted by atomic mass is 9.50. The van der Waals surface area contributed by atoms with Gasteiger partial charge in [-0.15, -0.1) is 0 Å². The fourth-order valence-corrected chi connectivity index (χ4v) is 7.81. The van der Waals surface area contributed by atoms with Crippen LogP contribution in [-0.2, 0) is 9.47 Å². The van der Waals surface area contributed by atoms with Crippen molar-refractivity contribution in [3.63, 3.8) is 0 Å². The van der Waals surface area contributed by atoms with E-state index in [2.05, 4.69) is 5.16 Å². The second kappa shape index (κ2) is 8.57. The van der Waals surface area contributed by atoms with Gasteiger partial charge in [0.1, 0.15) is 5.60 Å². The molecule has 0 saturated heterocycles. The molecule has 3 aliphatic carbocycles. The van der Waals surface area contributed by atoms with Crippen molar-refractivity contribution >= 4 is 6.21 Å². The maximum absolute atomic E-state index is 15.3. The Balaban J connectivity index is 1.69. The average molecular weight is 512 g/mol. The number of hydrogen-bond acceptors (Lipinski definition) is 4. The molecule has 9 heteroatoms. The maximum Gasteiger partial charge on any atom is 0.456 e. The predicted molar refractivity (Wildman–Crippen MR) is 123 cm³/mol. The minimum absolute atomic E-state index is 0.112. The van der Waals surface area contributed by atoms with E-state index in [1.165, 1.54) is 11.8 Å². The molecule has 1 N–H and O–H groups in total. The van der Waals surface area contributed by atoms with Crippen molar-refractivity contribution in [3.8, 4) is 0 Å². The van der Waals surface area contributed by atoms with Gasteiger partial charge in [0.2, 0.25) is 0 Å². The van der Waals surface area contributed by atoms with Crippen molar-refractivity contribution < 1.29 is 36.6 Å². The van der Waals surface area contributed by atoms with Crippen LogP contribution >= 0.6 is 0 Å². The van der Waals surface area contributed by atoms with Gasteiger partial charge in [-0.3, -0.25) is 0 Å². The molecule has 5 rings (SSSR count). The summed E-state index contributed by atoms with van der Waals surface area (Å²) >= 11 is 0. The van der Waals surface area contributed by atoms with E-state index in [9.17, 15) is 13.2 Å². The molecular formula is C27H30F5NO3. The minimum Gasteiger partial charge on any atom is -0.501 e. The largest absolute Gasteiger partial charge is 0.501 e. The van der Waals surface area contributed by atoms with Gasteiger partial charge in [-0.25, -0.2) is 0 Å². The van der Waals surface area contributed by atoms with Crippen molar-refractivity contribution in [2.24, 2.45) is 22.4 Å². The van der Waals surface area contributed by atoms with E-state index in [1.54, 1.807) is 25.3 Å². The highest BCUT2D eigenvalue weighted by molar-refractivity contribution is 5.79. The van der Waals surface area contributed by atoms with Crippen LogP contribution in [0, 0.1) is 17.3 Å². The lowest BCUT2D eigenvalue weighted by molar-refractivity contribution is -0.367. The quantitative estimate of drug-likeness (QED) is 0.205. The third-order valence-electron chi connectivity index (χ3n) is 9.35. The zero-order valence-electron chi connectivity index (χ0n) is 20.2. The number of methoxy groups -OCH3 is 1. The number of ether oxygens (including phenoxy) is 2. The minimum atomic E-state index is -5.72. The van der Waals surface area contributed by atoms with Crippen molar-refractivity contribution in [2.45, 2.75) is 69.1 Å².